The normalized spacial score (nSPS) is 14.7. The van der Waals surface area contributed by atoms with Gasteiger partial charge in [0.2, 0.25) is 0 Å². The van der Waals surface area contributed by atoms with Crippen molar-refractivity contribution in [3.63, 3.8) is 0 Å². The second-order valence-corrected chi connectivity index (χ2v) is 9.58. The minimum atomic E-state index is 0. The Morgan fingerprint density at radius 2 is 1.33 bits per heavy atom. The standard InChI is InChI=1S/C15H13.C7H12.C5H5.2ClH.Zr/c1-10-3-5-12-9-13-6-4-11(2)8-15(13)14(12)7-10;1-2-4-6-7-5-3-1;1-2-4-5-3-1;;;/h3-9H,1-2H3;1-6H2;1-3H,4H2;2*1H;/q-1;;-1;;;+2/p-2. The van der Waals surface area contributed by atoms with Crippen molar-refractivity contribution in [1.29, 1.82) is 0 Å². The molecule has 0 radical (unpaired) electrons. The Hall–Kier alpha value is -0.877. The maximum atomic E-state index is 2.99. The summed E-state index contributed by atoms with van der Waals surface area (Å²) in [5.41, 5.74) is 2.66. The number of aryl methyl sites for hydroxylation is 2. The third kappa shape index (κ3) is 8.34. The summed E-state index contributed by atoms with van der Waals surface area (Å²) in [7, 11) is 0. The fraction of sp³-hybridized carbons (Fsp3) is 0.333. The van der Waals surface area contributed by atoms with Gasteiger partial charge in [0.1, 0.15) is 0 Å². The molecule has 0 aromatic heterocycles. The van der Waals surface area contributed by atoms with Crippen LogP contribution in [0.4, 0.5) is 0 Å². The van der Waals surface area contributed by atoms with Gasteiger partial charge in [-0.15, -0.1) is 46.2 Å². The topological polar surface area (TPSA) is 0 Å². The van der Waals surface area contributed by atoms with E-state index in [2.05, 4.69) is 68.5 Å². The molecule has 5 rings (SSSR count). The molecule has 0 heterocycles. The van der Waals surface area contributed by atoms with Gasteiger partial charge in [-0.25, -0.2) is 12.2 Å². The zero-order valence-electron chi connectivity index (χ0n) is 18.0. The van der Waals surface area contributed by atoms with Gasteiger partial charge in [0.15, 0.2) is 0 Å². The molecule has 0 atom stereocenters. The van der Waals surface area contributed by atoms with Crippen LogP contribution in [0.3, 0.4) is 0 Å². The fourth-order valence-electron chi connectivity index (χ4n) is 3.72. The Kier molecular flexibility index (Phi) is 12.9. The Morgan fingerprint density at radius 3 is 1.73 bits per heavy atom. The van der Waals surface area contributed by atoms with Crippen molar-refractivity contribution in [1.82, 2.24) is 0 Å². The zero-order chi connectivity index (χ0) is 19.8. The van der Waals surface area contributed by atoms with Gasteiger partial charge in [0.05, 0.1) is 0 Å². The molecule has 2 aliphatic carbocycles. The summed E-state index contributed by atoms with van der Waals surface area (Å²) in [5, 5.41) is 5.46. The van der Waals surface area contributed by atoms with Crippen LogP contribution >= 0.6 is 0 Å². The number of hydrogen-bond donors (Lipinski definition) is 0. The first-order valence-corrected chi connectivity index (χ1v) is 11.7. The summed E-state index contributed by atoms with van der Waals surface area (Å²) < 4.78 is 1.81. The van der Waals surface area contributed by atoms with Crippen LogP contribution in [0.25, 0.3) is 21.5 Å². The van der Waals surface area contributed by atoms with E-state index in [-0.39, 0.29) is 24.8 Å². The summed E-state index contributed by atoms with van der Waals surface area (Å²) in [5.74, 6) is 0. The maximum absolute atomic E-state index is 2.99. The quantitative estimate of drug-likeness (QED) is 0.315. The van der Waals surface area contributed by atoms with E-state index in [1.807, 2.05) is 15.4 Å². The van der Waals surface area contributed by atoms with E-state index in [0.717, 1.165) is 6.42 Å². The van der Waals surface area contributed by atoms with Crippen molar-refractivity contribution in [2.24, 2.45) is 0 Å². The van der Waals surface area contributed by atoms with Crippen molar-refractivity contribution >= 4 is 24.8 Å². The van der Waals surface area contributed by atoms with Crippen molar-refractivity contribution in [2.75, 3.05) is 0 Å². The molecule has 0 saturated heterocycles. The van der Waals surface area contributed by atoms with Crippen LogP contribution in [0.2, 0.25) is 0 Å². The summed E-state index contributed by atoms with van der Waals surface area (Å²) in [4.78, 5) is 0. The summed E-state index contributed by atoms with van der Waals surface area (Å²) in [6.45, 7) is 4.29. The van der Waals surface area contributed by atoms with Gasteiger partial charge in [-0.3, -0.25) is 6.08 Å². The molecule has 158 valence electrons. The first kappa shape index (κ1) is 27.2. The summed E-state index contributed by atoms with van der Waals surface area (Å²) in [6, 6.07) is 15.6. The van der Waals surface area contributed by atoms with E-state index in [1.165, 1.54) is 71.2 Å². The van der Waals surface area contributed by atoms with Crippen LogP contribution < -0.4 is 24.8 Å². The van der Waals surface area contributed by atoms with E-state index in [9.17, 15) is 0 Å². The summed E-state index contributed by atoms with van der Waals surface area (Å²) in [6.07, 6.45) is 18.8. The first-order chi connectivity index (χ1) is 13.6. The van der Waals surface area contributed by atoms with E-state index in [4.69, 9.17) is 0 Å². The molecule has 3 heteroatoms. The predicted molar refractivity (Wildman–Crippen MR) is 121 cm³/mol. The number of rotatable bonds is 0. The van der Waals surface area contributed by atoms with Crippen molar-refractivity contribution in [3.8, 4) is 0 Å². The monoisotopic (exact) mass is 514 g/mol. The van der Waals surface area contributed by atoms with Crippen LogP contribution in [0.1, 0.15) is 56.1 Å². The molecule has 30 heavy (non-hydrogen) atoms. The van der Waals surface area contributed by atoms with E-state index in [1.54, 1.807) is 24.2 Å². The predicted octanol–water partition coefficient (Wildman–Crippen LogP) is 1.70. The molecular formula is C27H30Cl2Zr-2. The summed E-state index contributed by atoms with van der Waals surface area (Å²) >= 11 is 1.69. The second-order valence-electron chi connectivity index (χ2n) is 7.85. The van der Waals surface area contributed by atoms with Crippen LogP contribution in [0.5, 0.6) is 0 Å². The zero-order valence-corrected chi connectivity index (χ0v) is 21.9. The first-order valence-electron chi connectivity index (χ1n) is 10.5. The third-order valence-electron chi connectivity index (χ3n) is 5.31. The van der Waals surface area contributed by atoms with Gasteiger partial charge in [0.25, 0.3) is 0 Å². The molecule has 3 aromatic carbocycles. The molecule has 0 spiro atoms. The molecule has 0 unspecified atom stereocenters. The molecule has 0 N–H and O–H groups in total. The average Bonchev–Trinajstić information content (AvgIpc) is 3.31. The van der Waals surface area contributed by atoms with Crippen LogP contribution in [-0.2, 0) is 24.2 Å². The third-order valence-corrected chi connectivity index (χ3v) is 6.54. The van der Waals surface area contributed by atoms with Crippen LogP contribution in [0, 0.1) is 19.9 Å². The van der Waals surface area contributed by atoms with Gasteiger partial charge in [-0.2, -0.15) is 6.08 Å². The molecule has 1 saturated carbocycles. The fourth-order valence-corrected chi connectivity index (χ4v) is 4.59. The van der Waals surface area contributed by atoms with E-state index in [0.29, 0.717) is 0 Å². The number of benzene rings is 2. The molecule has 0 amide bonds. The molecule has 0 bridgehead atoms. The Labute approximate surface area is 209 Å². The van der Waals surface area contributed by atoms with Gasteiger partial charge in [-0.1, -0.05) is 35.4 Å². The van der Waals surface area contributed by atoms with Crippen LogP contribution in [-0.4, -0.2) is 3.21 Å². The molecule has 0 nitrogen and oxygen atoms in total. The second kappa shape index (κ2) is 14.2. The van der Waals surface area contributed by atoms with Crippen molar-refractivity contribution in [2.45, 2.75) is 58.8 Å². The molecule has 2 aliphatic rings. The molecule has 1 fully saturated rings. The minimum absolute atomic E-state index is 0. The number of hydrogen-bond acceptors (Lipinski definition) is 0. The van der Waals surface area contributed by atoms with Gasteiger partial charge < -0.3 is 24.8 Å². The average molecular weight is 517 g/mol. The van der Waals surface area contributed by atoms with Crippen molar-refractivity contribution in [3.05, 3.63) is 77.9 Å². The van der Waals surface area contributed by atoms with Gasteiger partial charge in [0, 0.05) is 0 Å². The van der Waals surface area contributed by atoms with E-state index < -0.39 is 0 Å². The molecule has 0 aliphatic heterocycles. The van der Waals surface area contributed by atoms with E-state index >= 15 is 0 Å². The van der Waals surface area contributed by atoms with Gasteiger partial charge >= 0.3 is 66.0 Å². The van der Waals surface area contributed by atoms with Gasteiger partial charge in [-0.05, 0) is 13.8 Å². The number of allylic oxidation sites excluding steroid dienone is 4. The SMILES string of the molecule is Cc1ccc2[cH-]c3ccc(C)cc3c2c1.[C-]1=CC=CC1.[Cl-].[Cl-].[Zr+2]=[C]1CCCCCC1. The molecular weight excluding hydrogens is 486 g/mol. The van der Waals surface area contributed by atoms with Crippen LogP contribution in [0.15, 0.2) is 60.7 Å². The van der Waals surface area contributed by atoms with Crippen molar-refractivity contribution < 1.29 is 49.0 Å². The Morgan fingerprint density at radius 1 is 0.800 bits per heavy atom. The molecule has 3 aromatic rings. The number of fused-ring (bicyclic) bond motifs is 3. The Bertz CT molecular complexity index is 918. The Balaban J connectivity index is 0.000000255. The number of halogens is 2.